The third-order valence-electron chi connectivity index (χ3n) is 2.50. The van der Waals surface area contributed by atoms with Crippen LogP contribution in [0.3, 0.4) is 0 Å². The van der Waals surface area contributed by atoms with Crippen molar-refractivity contribution in [3.8, 4) is 0 Å². The summed E-state index contributed by atoms with van der Waals surface area (Å²) in [6.45, 7) is 4.39. The first-order chi connectivity index (χ1) is 7.31. The molecular weight excluding hydrogens is 236 g/mol. The van der Waals surface area contributed by atoms with Crippen molar-refractivity contribution >= 4 is 12.0 Å². The molecule has 0 spiro atoms. The van der Waals surface area contributed by atoms with Crippen LogP contribution in [0.1, 0.15) is 53.0 Å². The molecule has 100 valence electrons. The molecule has 1 N–H and O–H groups in total. The standard InChI is InChI=1S/C11H16O3S.2CH4/c1-3-9(4-2)10-5-7-11(8-6-10)15-14-13-12;;/h5-9,12H,3-4H2,1-2H3;2*1H4. The van der Waals surface area contributed by atoms with Crippen molar-refractivity contribution in [2.45, 2.75) is 52.4 Å². The van der Waals surface area contributed by atoms with Crippen molar-refractivity contribution in [1.29, 1.82) is 0 Å². The summed E-state index contributed by atoms with van der Waals surface area (Å²) in [5.41, 5.74) is 1.34. The highest BCUT2D eigenvalue weighted by Crippen LogP contribution is 2.26. The third-order valence-corrected chi connectivity index (χ3v) is 3.09. The van der Waals surface area contributed by atoms with E-state index >= 15 is 0 Å². The second-order valence-corrected chi connectivity index (χ2v) is 4.08. The molecule has 0 aliphatic heterocycles. The normalized spacial score (nSPS) is 9.65. The summed E-state index contributed by atoms with van der Waals surface area (Å²) in [6.07, 6.45) is 2.30. The molecule has 0 amide bonds. The van der Waals surface area contributed by atoms with Gasteiger partial charge in [-0.15, -0.1) is 4.33 Å². The largest absolute Gasteiger partial charge is 0.220 e. The van der Waals surface area contributed by atoms with Gasteiger partial charge in [0.15, 0.2) is 0 Å². The fourth-order valence-electron chi connectivity index (χ4n) is 1.61. The minimum absolute atomic E-state index is 0. The fraction of sp³-hybridized carbons (Fsp3) is 0.538. The zero-order chi connectivity index (χ0) is 11.1. The molecule has 0 unspecified atom stereocenters. The molecule has 0 radical (unpaired) electrons. The van der Waals surface area contributed by atoms with Crippen LogP contribution in [0.15, 0.2) is 29.2 Å². The maximum atomic E-state index is 8.00. The van der Waals surface area contributed by atoms with E-state index in [4.69, 9.17) is 5.26 Å². The second-order valence-electron chi connectivity index (χ2n) is 3.31. The number of hydrogen-bond donors (Lipinski definition) is 1. The molecule has 1 aromatic carbocycles. The van der Waals surface area contributed by atoms with E-state index in [-0.39, 0.29) is 14.9 Å². The van der Waals surface area contributed by atoms with Crippen LogP contribution < -0.4 is 0 Å². The highest BCUT2D eigenvalue weighted by Gasteiger charge is 2.06. The highest BCUT2D eigenvalue weighted by atomic mass is 32.2. The summed E-state index contributed by atoms with van der Waals surface area (Å²) in [7, 11) is 0. The van der Waals surface area contributed by atoms with Gasteiger partial charge in [0.2, 0.25) is 0 Å². The summed E-state index contributed by atoms with van der Waals surface area (Å²) in [5.74, 6) is 0.624. The zero-order valence-electron chi connectivity index (χ0n) is 8.97. The number of benzene rings is 1. The van der Waals surface area contributed by atoms with Crippen molar-refractivity contribution in [2.75, 3.05) is 0 Å². The number of rotatable bonds is 6. The van der Waals surface area contributed by atoms with E-state index < -0.39 is 0 Å². The van der Waals surface area contributed by atoms with Gasteiger partial charge in [0.1, 0.15) is 0 Å². The Morgan fingerprint density at radius 2 is 1.65 bits per heavy atom. The monoisotopic (exact) mass is 260 g/mol. The zero-order valence-corrected chi connectivity index (χ0v) is 9.79. The van der Waals surface area contributed by atoms with E-state index in [2.05, 4.69) is 35.4 Å². The van der Waals surface area contributed by atoms with Crippen molar-refractivity contribution in [3.05, 3.63) is 29.8 Å². The van der Waals surface area contributed by atoms with Gasteiger partial charge in [-0.3, -0.25) is 0 Å². The summed E-state index contributed by atoms with van der Waals surface area (Å²) in [5, 5.41) is 11.5. The van der Waals surface area contributed by atoms with Crippen LogP contribution in [-0.4, -0.2) is 5.26 Å². The van der Waals surface area contributed by atoms with E-state index in [9.17, 15) is 0 Å². The third kappa shape index (κ3) is 6.07. The van der Waals surface area contributed by atoms with Gasteiger partial charge < -0.3 is 0 Å². The van der Waals surface area contributed by atoms with Crippen LogP contribution in [0, 0.1) is 0 Å². The lowest BCUT2D eigenvalue weighted by atomic mass is 9.94. The average molecular weight is 260 g/mol. The molecule has 0 heterocycles. The molecule has 0 aliphatic rings. The Hall–Kier alpha value is -0.550. The van der Waals surface area contributed by atoms with Crippen LogP contribution in [0.2, 0.25) is 0 Å². The Balaban J connectivity index is 0. The first-order valence-electron chi connectivity index (χ1n) is 5.06. The lowest BCUT2D eigenvalue weighted by molar-refractivity contribution is -0.432. The Kier molecular flexibility index (Phi) is 11.7. The minimum atomic E-state index is 0. The van der Waals surface area contributed by atoms with Crippen LogP contribution in [0.5, 0.6) is 0 Å². The summed E-state index contributed by atoms with van der Waals surface area (Å²) in [6, 6.07) is 8.08. The first kappa shape index (κ1) is 18.8. The van der Waals surface area contributed by atoms with E-state index in [0.717, 1.165) is 29.8 Å². The molecule has 0 aromatic heterocycles. The molecule has 0 atom stereocenters. The SMILES string of the molecule is C.C.CCC(CC)c1ccc(SOOO)cc1. The quantitative estimate of drug-likeness (QED) is 0.428. The van der Waals surface area contributed by atoms with Crippen molar-refractivity contribution in [3.63, 3.8) is 0 Å². The molecule has 0 aliphatic carbocycles. The molecule has 17 heavy (non-hydrogen) atoms. The molecule has 0 saturated carbocycles. The van der Waals surface area contributed by atoms with Gasteiger partial charge in [0, 0.05) is 4.90 Å². The molecule has 1 rings (SSSR count). The first-order valence-corrected chi connectivity index (χ1v) is 5.80. The van der Waals surface area contributed by atoms with Crippen LogP contribution >= 0.6 is 12.0 Å². The van der Waals surface area contributed by atoms with Gasteiger partial charge in [-0.1, -0.05) is 45.9 Å². The topological polar surface area (TPSA) is 38.7 Å². The van der Waals surface area contributed by atoms with Crippen molar-refractivity contribution < 1.29 is 14.6 Å². The second kappa shape index (κ2) is 10.6. The maximum absolute atomic E-state index is 8.00. The lowest BCUT2D eigenvalue weighted by Gasteiger charge is -2.12. The Morgan fingerprint density at radius 3 is 2.06 bits per heavy atom. The molecule has 4 heteroatoms. The van der Waals surface area contributed by atoms with E-state index in [1.165, 1.54) is 5.56 Å². The average Bonchev–Trinajstić information content (AvgIpc) is 2.29. The number of hydrogen-bond acceptors (Lipinski definition) is 4. The molecule has 0 fully saturated rings. The Labute approximate surface area is 109 Å². The lowest BCUT2D eigenvalue weighted by Crippen LogP contribution is -1.94. The van der Waals surface area contributed by atoms with Crippen LogP contribution in [0.4, 0.5) is 0 Å². The van der Waals surface area contributed by atoms with Gasteiger partial charge in [0.05, 0.1) is 12.0 Å². The van der Waals surface area contributed by atoms with Crippen LogP contribution in [0.25, 0.3) is 0 Å². The maximum Gasteiger partial charge on any atom is 0.0714 e. The fourth-order valence-corrected chi connectivity index (χ4v) is 1.97. The predicted octanol–water partition coefficient (Wildman–Crippen LogP) is 5.29. The highest BCUT2D eigenvalue weighted by molar-refractivity contribution is 7.94. The predicted molar refractivity (Wildman–Crippen MR) is 73.9 cm³/mol. The summed E-state index contributed by atoms with van der Waals surface area (Å²) in [4.78, 5) is 0.902. The van der Waals surface area contributed by atoms with Crippen molar-refractivity contribution in [2.24, 2.45) is 0 Å². The Bertz CT molecular complexity index is 270. The Morgan fingerprint density at radius 1 is 1.12 bits per heavy atom. The van der Waals surface area contributed by atoms with Gasteiger partial charge in [-0.2, -0.15) is 0 Å². The van der Waals surface area contributed by atoms with Gasteiger partial charge in [-0.25, -0.2) is 5.26 Å². The molecule has 0 saturated heterocycles. The van der Waals surface area contributed by atoms with Crippen molar-refractivity contribution in [1.82, 2.24) is 0 Å². The smallest absolute Gasteiger partial charge is 0.0714 e. The summed E-state index contributed by atoms with van der Waals surface area (Å²) < 4.78 is 4.34. The van der Waals surface area contributed by atoms with Gasteiger partial charge in [-0.05, 0) is 36.5 Å². The van der Waals surface area contributed by atoms with E-state index in [0.29, 0.717) is 5.92 Å². The summed E-state index contributed by atoms with van der Waals surface area (Å²) >= 11 is 0.984. The van der Waals surface area contributed by atoms with E-state index in [1.54, 1.807) is 0 Å². The molecular formula is C13H24O3S. The molecule has 0 bridgehead atoms. The minimum Gasteiger partial charge on any atom is -0.220 e. The van der Waals surface area contributed by atoms with Gasteiger partial charge >= 0.3 is 0 Å². The molecule has 1 aromatic rings. The van der Waals surface area contributed by atoms with E-state index in [1.807, 2.05) is 12.1 Å². The van der Waals surface area contributed by atoms with Gasteiger partial charge in [0.25, 0.3) is 0 Å². The van der Waals surface area contributed by atoms with Crippen LogP contribution in [-0.2, 0) is 9.37 Å². The molecule has 3 nitrogen and oxygen atoms in total.